The fourth-order valence-corrected chi connectivity index (χ4v) is 4.37. The van der Waals surface area contributed by atoms with Gasteiger partial charge in [-0.05, 0) is 18.9 Å². The van der Waals surface area contributed by atoms with Gasteiger partial charge in [0, 0.05) is 56.3 Å². The van der Waals surface area contributed by atoms with Gasteiger partial charge in [0.2, 0.25) is 0 Å². The third kappa shape index (κ3) is 6.13. The van der Waals surface area contributed by atoms with Gasteiger partial charge in [-0.3, -0.25) is 9.80 Å². The van der Waals surface area contributed by atoms with Crippen molar-refractivity contribution in [2.45, 2.75) is 31.7 Å². The summed E-state index contributed by atoms with van der Waals surface area (Å²) in [7, 11) is 0. The molecule has 6 heteroatoms. The Morgan fingerprint density at radius 2 is 1.84 bits per heavy atom. The summed E-state index contributed by atoms with van der Waals surface area (Å²) in [4.78, 5) is 4.58. The van der Waals surface area contributed by atoms with Crippen LogP contribution >= 0.6 is 11.8 Å². The number of piperidine rings is 1. The summed E-state index contributed by atoms with van der Waals surface area (Å²) in [5, 5.41) is 10.3. The van der Waals surface area contributed by atoms with Gasteiger partial charge < -0.3 is 9.84 Å². The minimum atomic E-state index is -0.647. The Morgan fingerprint density at radius 3 is 2.60 bits per heavy atom. The van der Waals surface area contributed by atoms with Crippen molar-refractivity contribution in [2.75, 3.05) is 50.8 Å². The smallest absolute Gasteiger partial charge is 0.123 e. The molecule has 1 aromatic rings. The van der Waals surface area contributed by atoms with Gasteiger partial charge in [0.1, 0.15) is 24.6 Å². The SMILES string of the molecule is O[C@@H](COc1ccccc1CN1CCC(F)CC1)CN1CCSCC1. The van der Waals surface area contributed by atoms with Crippen LogP contribution in [0.3, 0.4) is 0 Å². The lowest BCUT2D eigenvalue weighted by Crippen LogP contribution is -2.40. The summed E-state index contributed by atoms with van der Waals surface area (Å²) in [6, 6.07) is 7.99. The second-order valence-corrected chi connectivity index (χ2v) is 8.16. The third-order valence-corrected chi connectivity index (χ3v) is 5.83. The first kappa shape index (κ1) is 19.0. The van der Waals surface area contributed by atoms with E-state index < -0.39 is 12.3 Å². The van der Waals surface area contributed by atoms with Crippen LogP contribution in [-0.2, 0) is 6.54 Å². The van der Waals surface area contributed by atoms with Gasteiger partial charge >= 0.3 is 0 Å². The number of aliphatic hydroxyl groups is 1. The van der Waals surface area contributed by atoms with Crippen molar-refractivity contribution < 1.29 is 14.2 Å². The molecule has 2 heterocycles. The number of halogens is 1. The van der Waals surface area contributed by atoms with Crippen LogP contribution in [-0.4, -0.2) is 78.0 Å². The first-order chi connectivity index (χ1) is 12.2. The maximum absolute atomic E-state index is 13.3. The quantitative estimate of drug-likeness (QED) is 0.800. The summed E-state index contributed by atoms with van der Waals surface area (Å²) in [5.74, 6) is 3.12. The maximum atomic E-state index is 13.3. The standard InChI is InChI=1S/C19H29FN2O2S/c20-17-5-7-21(8-6-17)13-16-3-1-2-4-19(16)24-15-18(23)14-22-9-11-25-12-10-22/h1-4,17-18,23H,5-15H2/t18-/m1/s1. The molecule has 0 radical (unpaired) electrons. The molecule has 4 nitrogen and oxygen atoms in total. The molecule has 2 aliphatic heterocycles. The van der Waals surface area contributed by atoms with Crippen LogP contribution in [0.25, 0.3) is 0 Å². The number of nitrogens with zero attached hydrogens (tertiary/aromatic N) is 2. The molecule has 1 N–H and O–H groups in total. The van der Waals surface area contributed by atoms with Crippen molar-refractivity contribution in [1.29, 1.82) is 0 Å². The molecule has 0 amide bonds. The Morgan fingerprint density at radius 1 is 1.12 bits per heavy atom. The number of hydrogen-bond donors (Lipinski definition) is 1. The number of hydrogen-bond acceptors (Lipinski definition) is 5. The molecule has 0 unspecified atom stereocenters. The molecule has 0 spiro atoms. The van der Waals surface area contributed by atoms with Gasteiger partial charge in [-0.1, -0.05) is 18.2 Å². The van der Waals surface area contributed by atoms with Gasteiger partial charge in [-0.2, -0.15) is 11.8 Å². The van der Waals surface area contributed by atoms with Crippen molar-refractivity contribution >= 4 is 11.8 Å². The summed E-state index contributed by atoms with van der Waals surface area (Å²) >= 11 is 1.97. The van der Waals surface area contributed by atoms with E-state index in [4.69, 9.17) is 4.74 Å². The summed E-state index contributed by atoms with van der Waals surface area (Å²) < 4.78 is 19.2. The molecule has 1 atom stereocenters. The van der Waals surface area contributed by atoms with E-state index in [0.717, 1.165) is 55.5 Å². The predicted molar refractivity (Wildman–Crippen MR) is 101 cm³/mol. The first-order valence-corrected chi connectivity index (χ1v) is 10.4. The summed E-state index contributed by atoms with van der Waals surface area (Å²) in [6.07, 6.45) is 0.121. The number of para-hydroxylation sites is 1. The molecule has 0 bridgehead atoms. The van der Waals surface area contributed by atoms with Crippen molar-refractivity contribution in [2.24, 2.45) is 0 Å². The predicted octanol–water partition coefficient (Wildman–Crippen LogP) is 2.41. The van der Waals surface area contributed by atoms with Crippen LogP contribution in [0.2, 0.25) is 0 Å². The maximum Gasteiger partial charge on any atom is 0.123 e. The van der Waals surface area contributed by atoms with E-state index in [9.17, 15) is 9.50 Å². The molecule has 2 saturated heterocycles. The largest absolute Gasteiger partial charge is 0.491 e. The van der Waals surface area contributed by atoms with Crippen molar-refractivity contribution in [1.82, 2.24) is 9.80 Å². The second kappa shape index (κ2) is 9.76. The average Bonchev–Trinajstić information content (AvgIpc) is 2.64. The highest BCUT2D eigenvalue weighted by Crippen LogP contribution is 2.23. The number of alkyl halides is 1. The number of benzene rings is 1. The molecule has 1 aromatic carbocycles. The summed E-state index contributed by atoms with van der Waals surface area (Å²) in [5.41, 5.74) is 1.11. The fourth-order valence-electron chi connectivity index (χ4n) is 3.40. The van der Waals surface area contributed by atoms with Gasteiger partial charge in [-0.15, -0.1) is 0 Å². The van der Waals surface area contributed by atoms with E-state index in [1.54, 1.807) is 0 Å². The van der Waals surface area contributed by atoms with Crippen LogP contribution < -0.4 is 4.74 Å². The van der Waals surface area contributed by atoms with Crippen molar-refractivity contribution in [3.05, 3.63) is 29.8 Å². The van der Waals surface area contributed by atoms with Gasteiger partial charge in [-0.25, -0.2) is 4.39 Å². The van der Waals surface area contributed by atoms with Crippen LogP contribution in [0.1, 0.15) is 18.4 Å². The zero-order valence-corrected chi connectivity index (χ0v) is 15.6. The number of β-amino-alcohol motifs (C(OH)–C–C–N with tert-alkyl or cyclic N) is 1. The van der Waals surface area contributed by atoms with Crippen LogP contribution in [0, 0.1) is 0 Å². The van der Waals surface area contributed by atoms with E-state index in [-0.39, 0.29) is 0 Å². The molecular weight excluding hydrogens is 339 g/mol. The zero-order chi connectivity index (χ0) is 17.5. The second-order valence-electron chi connectivity index (χ2n) is 6.94. The normalized spacial score (nSPS) is 22.0. The van der Waals surface area contributed by atoms with E-state index in [1.165, 1.54) is 0 Å². The fraction of sp³-hybridized carbons (Fsp3) is 0.684. The highest BCUT2D eigenvalue weighted by Gasteiger charge is 2.20. The molecular formula is C19H29FN2O2S. The number of ether oxygens (including phenoxy) is 1. The topological polar surface area (TPSA) is 35.9 Å². The van der Waals surface area contributed by atoms with E-state index >= 15 is 0 Å². The molecule has 3 rings (SSSR count). The molecule has 0 aromatic heterocycles. The van der Waals surface area contributed by atoms with Gasteiger partial charge in [0.25, 0.3) is 0 Å². The monoisotopic (exact) mass is 368 g/mol. The molecule has 25 heavy (non-hydrogen) atoms. The zero-order valence-electron chi connectivity index (χ0n) is 14.8. The van der Waals surface area contributed by atoms with Crippen LogP contribution in [0.4, 0.5) is 4.39 Å². The van der Waals surface area contributed by atoms with Crippen molar-refractivity contribution in [3.8, 4) is 5.75 Å². The molecule has 0 saturated carbocycles. The van der Waals surface area contributed by atoms with Crippen LogP contribution in [0.5, 0.6) is 5.75 Å². The lowest BCUT2D eigenvalue weighted by molar-refractivity contribution is 0.0705. The minimum absolute atomic E-state index is 0.313. The summed E-state index contributed by atoms with van der Waals surface area (Å²) in [6.45, 7) is 5.45. The minimum Gasteiger partial charge on any atom is -0.491 e. The Balaban J connectivity index is 1.48. The Kier molecular flexibility index (Phi) is 7.40. The number of rotatable bonds is 7. The Hall–Kier alpha value is -0.820. The lowest BCUT2D eigenvalue weighted by atomic mass is 10.1. The lowest BCUT2D eigenvalue weighted by Gasteiger charge is -2.29. The van der Waals surface area contributed by atoms with Gasteiger partial charge in [0.05, 0.1) is 0 Å². The Bertz CT molecular complexity index is 520. The molecule has 140 valence electrons. The third-order valence-electron chi connectivity index (χ3n) is 4.89. The highest BCUT2D eigenvalue weighted by molar-refractivity contribution is 7.99. The number of aliphatic hydroxyl groups excluding tert-OH is 1. The molecule has 2 aliphatic rings. The number of likely N-dealkylation sites (tertiary alicyclic amines) is 1. The molecule has 0 aliphatic carbocycles. The first-order valence-electron chi connectivity index (χ1n) is 9.26. The van der Waals surface area contributed by atoms with E-state index in [2.05, 4.69) is 15.9 Å². The van der Waals surface area contributed by atoms with Crippen molar-refractivity contribution in [3.63, 3.8) is 0 Å². The van der Waals surface area contributed by atoms with Crippen LogP contribution in [0.15, 0.2) is 24.3 Å². The average molecular weight is 369 g/mol. The van der Waals surface area contributed by atoms with E-state index in [0.29, 0.717) is 26.0 Å². The Labute approximate surface area is 154 Å². The van der Waals surface area contributed by atoms with E-state index in [1.807, 2.05) is 30.0 Å². The highest BCUT2D eigenvalue weighted by atomic mass is 32.2. The number of thioether (sulfide) groups is 1. The van der Waals surface area contributed by atoms with Gasteiger partial charge in [0.15, 0.2) is 0 Å². The molecule has 2 fully saturated rings.